The Balaban J connectivity index is 2.00. The highest BCUT2D eigenvalue weighted by Gasteiger charge is 2.17. The molecular weight excluding hydrogens is 268 g/mol. The minimum absolute atomic E-state index is 0.246. The number of benzene rings is 1. The first-order valence-electron chi connectivity index (χ1n) is 6.80. The lowest BCUT2D eigenvalue weighted by molar-refractivity contribution is 0.0505. The number of hydrogen-bond donors (Lipinski definition) is 1. The van der Waals surface area contributed by atoms with Crippen LogP contribution in [-0.2, 0) is 11.2 Å². The number of ether oxygens (including phenoxy) is 2. The number of nitrogen functional groups attached to an aromatic ring is 1. The summed E-state index contributed by atoms with van der Waals surface area (Å²) in [5.41, 5.74) is 7.34. The topological polar surface area (TPSA) is 74.4 Å². The van der Waals surface area contributed by atoms with Gasteiger partial charge in [0.2, 0.25) is 0 Å². The number of esters is 1. The number of aromatic nitrogens is 1. The first-order chi connectivity index (χ1) is 10.2. The molecule has 1 heterocycles. The van der Waals surface area contributed by atoms with Crippen molar-refractivity contribution in [2.75, 3.05) is 18.9 Å². The van der Waals surface area contributed by atoms with Gasteiger partial charge in [0.15, 0.2) is 0 Å². The van der Waals surface area contributed by atoms with E-state index in [-0.39, 0.29) is 12.2 Å². The standard InChI is InChI=1S/C16H18N2O3/c1-2-20-14-8-5-7-13(17)15(14)16(19)21-11-9-12-6-3-4-10-18-12/h3-8,10H,2,9,11,17H2,1H3. The van der Waals surface area contributed by atoms with Gasteiger partial charge in [0.05, 0.1) is 13.2 Å². The number of nitrogens with two attached hydrogens (primary N) is 1. The zero-order valence-corrected chi connectivity index (χ0v) is 11.9. The molecule has 0 aliphatic carbocycles. The normalized spacial score (nSPS) is 10.1. The van der Waals surface area contributed by atoms with Gasteiger partial charge in [-0.1, -0.05) is 12.1 Å². The highest BCUT2D eigenvalue weighted by Crippen LogP contribution is 2.25. The molecule has 110 valence electrons. The highest BCUT2D eigenvalue weighted by molar-refractivity contribution is 5.98. The smallest absolute Gasteiger partial charge is 0.344 e. The predicted octanol–water partition coefficient (Wildman–Crippen LogP) is 2.46. The second kappa shape index (κ2) is 7.28. The van der Waals surface area contributed by atoms with E-state index in [4.69, 9.17) is 15.2 Å². The Morgan fingerprint density at radius 1 is 1.24 bits per heavy atom. The number of anilines is 1. The van der Waals surface area contributed by atoms with Crippen molar-refractivity contribution in [3.8, 4) is 5.75 Å². The molecule has 0 spiro atoms. The summed E-state index contributed by atoms with van der Waals surface area (Å²) in [5.74, 6) is -0.0344. The van der Waals surface area contributed by atoms with Crippen LogP contribution >= 0.6 is 0 Å². The molecule has 0 aliphatic heterocycles. The van der Waals surface area contributed by atoms with E-state index < -0.39 is 5.97 Å². The lowest BCUT2D eigenvalue weighted by Gasteiger charge is -2.12. The second-order valence-corrected chi connectivity index (χ2v) is 4.36. The molecule has 1 aromatic carbocycles. The van der Waals surface area contributed by atoms with Gasteiger partial charge < -0.3 is 15.2 Å². The maximum atomic E-state index is 12.1. The number of rotatable bonds is 6. The third kappa shape index (κ3) is 3.95. The van der Waals surface area contributed by atoms with Gasteiger partial charge in [-0.25, -0.2) is 4.79 Å². The lowest BCUT2D eigenvalue weighted by Crippen LogP contribution is -2.13. The Hall–Kier alpha value is -2.56. The molecule has 2 N–H and O–H groups in total. The molecule has 0 fully saturated rings. The number of pyridine rings is 1. The molecule has 0 atom stereocenters. The Morgan fingerprint density at radius 3 is 2.81 bits per heavy atom. The SMILES string of the molecule is CCOc1cccc(N)c1C(=O)OCCc1ccccn1. The number of hydrogen-bond acceptors (Lipinski definition) is 5. The summed E-state index contributed by atoms with van der Waals surface area (Å²) in [7, 11) is 0. The summed E-state index contributed by atoms with van der Waals surface area (Å²) in [6.07, 6.45) is 2.27. The average Bonchev–Trinajstić information content (AvgIpc) is 2.48. The molecule has 0 saturated carbocycles. The quantitative estimate of drug-likeness (QED) is 0.652. The monoisotopic (exact) mass is 286 g/mol. The van der Waals surface area contributed by atoms with Crippen LogP contribution < -0.4 is 10.5 Å². The van der Waals surface area contributed by atoms with E-state index in [9.17, 15) is 4.79 Å². The molecule has 5 nitrogen and oxygen atoms in total. The third-order valence-corrected chi connectivity index (χ3v) is 2.88. The second-order valence-electron chi connectivity index (χ2n) is 4.36. The van der Waals surface area contributed by atoms with Gasteiger partial charge in [-0.3, -0.25) is 4.98 Å². The van der Waals surface area contributed by atoms with Crippen LogP contribution in [0.4, 0.5) is 5.69 Å². The van der Waals surface area contributed by atoms with E-state index in [1.54, 1.807) is 24.4 Å². The average molecular weight is 286 g/mol. The number of carbonyl (C=O) groups is 1. The molecule has 2 aromatic rings. The summed E-state index contributed by atoms with van der Waals surface area (Å²) in [5, 5.41) is 0. The summed E-state index contributed by atoms with van der Waals surface area (Å²) in [6, 6.07) is 10.7. The first kappa shape index (κ1) is 14.8. The maximum Gasteiger partial charge on any atom is 0.344 e. The van der Waals surface area contributed by atoms with Gasteiger partial charge in [-0.2, -0.15) is 0 Å². The summed E-state index contributed by atoms with van der Waals surface area (Å²) in [6.45, 7) is 2.55. The van der Waals surface area contributed by atoms with Gasteiger partial charge in [-0.15, -0.1) is 0 Å². The van der Waals surface area contributed by atoms with Gasteiger partial charge in [0.25, 0.3) is 0 Å². The molecule has 1 aromatic heterocycles. The fraction of sp³-hybridized carbons (Fsp3) is 0.250. The van der Waals surface area contributed by atoms with Crippen molar-refractivity contribution in [1.29, 1.82) is 0 Å². The van der Waals surface area contributed by atoms with Crippen molar-refractivity contribution in [1.82, 2.24) is 4.98 Å². The van der Waals surface area contributed by atoms with E-state index in [0.717, 1.165) is 5.69 Å². The molecule has 5 heteroatoms. The molecular formula is C16H18N2O3. The number of nitrogens with zero attached hydrogens (tertiary/aromatic N) is 1. The van der Waals surface area contributed by atoms with Gasteiger partial charge in [0, 0.05) is 24.0 Å². The van der Waals surface area contributed by atoms with Crippen molar-refractivity contribution in [2.45, 2.75) is 13.3 Å². The molecule has 0 unspecified atom stereocenters. The van der Waals surface area contributed by atoms with Gasteiger partial charge in [-0.05, 0) is 31.2 Å². The zero-order chi connectivity index (χ0) is 15.1. The van der Waals surface area contributed by atoms with Crippen LogP contribution in [-0.4, -0.2) is 24.2 Å². The van der Waals surface area contributed by atoms with E-state index in [0.29, 0.717) is 24.5 Å². The van der Waals surface area contributed by atoms with Crippen LogP contribution in [0, 0.1) is 0 Å². The molecule has 0 amide bonds. The fourth-order valence-electron chi connectivity index (χ4n) is 1.91. The Morgan fingerprint density at radius 2 is 2.10 bits per heavy atom. The molecule has 0 bridgehead atoms. The maximum absolute atomic E-state index is 12.1. The van der Waals surface area contributed by atoms with Crippen LogP contribution in [0.1, 0.15) is 23.0 Å². The largest absolute Gasteiger partial charge is 0.493 e. The fourth-order valence-corrected chi connectivity index (χ4v) is 1.91. The zero-order valence-electron chi connectivity index (χ0n) is 11.9. The molecule has 0 radical (unpaired) electrons. The molecule has 21 heavy (non-hydrogen) atoms. The van der Waals surface area contributed by atoms with E-state index in [2.05, 4.69) is 4.98 Å². The van der Waals surface area contributed by atoms with Crippen LogP contribution in [0.15, 0.2) is 42.6 Å². The number of carbonyl (C=O) groups excluding carboxylic acids is 1. The first-order valence-corrected chi connectivity index (χ1v) is 6.80. The minimum atomic E-state index is -0.479. The van der Waals surface area contributed by atoms with Crippen molar-refractivity contribution < 1.29 is 14.3 Å². The van der Waals surface area contributed by atoms with E-state index in [1.807, 2.05) is 25.1 Å². The van der Waals surface area contributed by atoms with Crippen molar-refractivity contribution in [3.63, 3.8) is 0 Å². The van der Waals surface area contributed by atoms with Crippen LogP contribution in [0.3, 0.4) is 0 Å². The third-order valence-electron chi connectivity index (χ3n) is 2.88. The molecule has 0 saturated heterocycles. The summed E-state index contributed by atoms with van der Waals surface area (Å²) in [4.78, 5) is 16.3. The molecule has 0 aliphatic rings. The Bertz CT molecular complexity index is 600. The Kier molecular flexibility index (Phi) is 5.15. The van der Waals surface area contributed by atoms with Gasteiger partial charge >= 0.3 is 5.97 Å². The highest BCUT2D eigenvalue weighted by atomic mass is 16.5. The van der Waals surface area contributed by atoms with E-state index in [1.165, 1.54) is 0 Å². The van der Waals surface area contributed by atoms with Crippen LogP contribution in [0.25, 0.3) is 0 Å². The van der Waals surface area contributed by atoms with Crippen molar-refractivity contribution >= 4 is 11.7 Å². The van der Waals surface area contributed by atoms with E-state index >= 15 is 0 Å². The van der Waals surface area contributed by atoms with Gasteiger partial charge in [0.1, 0.15) is 11.3 Å². The van der Waals surface area contributed by atoms with Crippen molar-refractivity contribution in [2.24, 2.45) is 0 Å². The van der Waals surface area contributed by atoms with Crippen LogP contribution in [0.2, 0.25) is 0 Å². The minimum Gasteiger partial charge on any atom is -0.493 e. The predicted molar refractivity (Wildman–Crippen MR) is 80.2 cm³/mol. The summed E-state index contributed by atoms with van der Waals surface area (Å²) < 4.78 is 10.7. The Labute approximate surface area is 123 Å². The molecule has 2 rings (SSSR count). The van der Waals surface area contributed by atoms with Crippen molar-refractivity contribution in [3.05, 3.63) is 53.9 Å². The lowest BCUT2D eigenvalue weighted by atomic mass is 10.1. The van der Waals surface area contributed by atoms with Crippen LogP contribution in [0.5, 0.6) is 5.75 Å². The summed E-state index contributed by atoms with van der Waals surface area (Å²) >= 11 is 0.